The normalized spacial score (nSPS) is 28.5. The molecular formula is C12H22N3O2+. The smallest absolute Gasteiger partial charge is 0.321 e. The van der Waals surface area contributed by atoms with Crippen LogP contribution in [-0.4, -0.2) is 37.1 Å². The molecule has 2 fully saturated rings. The highest BCUT2D eigenvalue weighted by Crippen LogP contribution is 2.18. The summed E-state index contributed by atoms with van der Waals surface area (Å²) >= 11 is 0. The summed E-state index contributed by atoms with van der Waals surface area (Å²) in [5.74, 6) is -0.160. The van der Waals surface area contributed by atoms with E-state index in [0.29, 0.717) is 18.6 Å². The molecule has 3 N–H and O–H groups in total. The maximum atomic E-state index is 11.7. The van der Waals surface area contributed by atoms with Gasteiger partial charge < -0.3 is 10.2 Å². The molecule has 0 aromatic heterocycles. The summed E-state index contributed by atoms with van der Waals surface area (Å²) in [5, 5.41) is 5.16. The predicted molar refractivity (Wildman–Crippen MR) is 63.7 cm³/mol. The Morgan fingerprint density at radius 1 is 1.24 bits per heavy atom. The zero-order chi connectivity index (χ0) is 12.3. The number of nitrogens with one attached hydrogen (secondary N) is 3. The van der Waals surface area contributed by atoms with Gasteiger partial charge in [-0.25, -0.2) is 4.79 Å². The second-order valence-electron chi connectivity index (χ2n) is 5.28. The summed E-state index contributed by atoms with van der Waals surface area (Å²) < 4.78 is 0. The van der Waals surface area contributed by atoms with E-state index in [2.05, 4.69) is 17.6 Å². The average molecular weight is 240 g/mol. The van der Waals surface area contributed by atoms with E-state index in [9.17, 15) is 9.59 Å². The number of likely N-dealkylation sites (tertiary alicyclic amines) is 1. The van der Waals surface area contributed by atoms with E-state index in [0.717, 1.165) is 19.4 Å². The number of carbonyl (C=O) groups is 2. The Balaban J connectivity index is 1.69. The van der Waals surface area contributed by atoms with Crippen LogP contribution in [0.4, 0.5) is 4.79 Å². The van der Waals surface area contributed by atoms with Crippen molar-refractivity contribution in [2.75, 3.05) is 13.1 Å². The minimum atomic E-state index is -0.332. The largest absolute Gasteiger partial charge is 0.335 e. The summed E-state index contributed by atoms with van der Waals surface area (Å²) in [7, 11) is 0. The van der Waals surface area contributed by atoms with Gasteiger partial charge in [0.15, 0.2) is 6.54 Å². The van der Waals surface area contributed by atoms with Crippen LogP contribution in [0.3, 0.4) is 0 Å². The van der Waals surface area contributed by atoms with Gasteiger partial charge in [-0.2, -0.15) is 0 Å². The van der Waals surface area contributed by atoms with E-state index in [1.165, 1.54) is 24.2 Å². The highest BCUT2D eigenvalue weighted by atomic mass is 16.2. The van der Waals surface area contributed by atoms with E-state index >= 15 is 0 Å². The first-order valence-electron chi connectivity index (χ1n) is 6.60. The van der Waals surface area contributed by atoms with Gasteiger partial charge in [-0.1, -0.05) is 0 Å². The Morgan fingerprint density at radius 3 is 2.65 bits per heavy atom. The van der Waals surface area contributed by atoms with Crippen LogP contribution in [0.15, 0.2) is 0 Å². The second kappa shape index (κ2) is 5.49. The van der Waals surface area contributed by atoms with Crippen LogP contribution in [-0.2, 0) is 4.79 Å². The first kappa shape index (κ1) is 12.4. The first-order valence-corrected chi connectivity index (χ1v) is 6.60. The van der Waals surface area contributed by atoms with Crippen molar-refractivity contribution in [3.05, 3.63) is 0 Å². The molecule has 5 heteroatoms. The third-order valence-electron chi connectivity index (χ3n) is 3.64. The highest BCUT2D eigenvalue weighted by Gasteiger charge is 2.27. The summed E-state index contributed by atoms with van der Waals surface area (Å²) in [5.41, 5.74) is 0. The molecule has 0 aromatic rings. The summed E-state index contributed by atoms with van der Waals surface area (Å²) in [6.07, 6.45) is 5.69. The number of quaternary nitrogens is 1. The van der Waals surface area contributed by atoms with E-state index in [-0.39, 0.29) is 11.9 Å². The van der Waals surface area contributed by atoms with Crippen LogP contribution in [0.1, 0.15) is 39.0 Å². The van der Waals surface area contributed by atoms with Gasteiger partial charge in [0.1, 0.15) is 0 Å². The number of hydrogen-bond acceptors (Lipinski definition) is 2. The molecule has 1 heterocycles. The van der Waals surface area contributed by atoms with Crippen molar-refractivity contribution < 1.29 is 14.5 Å². The number of rotatable bonds is 3. The number of imide groups is 1. The summed E-state index contributed by atoms with van der Waals surface area (Å²) in [6.45, 7) is 3.63. The van der Waals surface area contributed by atoms with Crippen LogP contribution in [0.5, 0.6) is 0 Å². The van der Waals surface area contributed by atoms with E-state index in [4.69, 9.17) is 0 Å². The third-order valence-corrected chi connectivity index (χ3v) is 3.64. The lowest BCUT2D eigenvalue weighted by Crippen LogP contribution is -3.17. The van der Waals surface area contributed by atoms with Gasteiger partial charge >= 0.3 is 6.03 Å². The molecular weight excluding hydrogens is 218 g/mol. The van der Waals surface area contributed by atoms with Crippen LogP contribution in [0, 0.1) is 0 Å². The van der Waals surface area contributed by atoms with E-state index in [1.54, 1.807) is 0 Å². The van der Waals surface area contributed by atoms with Crippen LogP contribution in [0.25, 0.3) is 0 Å². The molecule has 1 aliphatic heterocycles. The lowest BCUT2D eigenvalue weighted by atomic mass is 10.0. The molecule has 1 aliphatic carbocycles. The highest BCUT2D eigenvalue weighted by molar-refractivity contribution is 5.94. The molecule has 96 valence electrons. The van der Waals surface area contributed by atoms with Gasteiger partial charge in [-0.3, -0.25) is 10.1 Å². The molecule has 0 aromatic carbocycles. The lowest BCUT2D eigenvalue weighted by Gasteiger charge is -2.29. The average Bonchev–Trinajstić information content (AvgIpc) is 3.05. The van der Waals surface area contributed by atoms with Crippen molar-refractivity contribution in [2.45, 2.75) is 51.1 Å². The van der Waals surface area contributed by atoms with E-state index in [1.807, 2.05) is 0 Å². The fourth-order valence-electron chi connectivity index (χ4n) is 2.34. The van der Waals surface area contributed by atoms with Crippen molar-refractivity contribution in [3.63, 3.8) is 0 Å². The van der Waals surface area contributed by atoms with Crippen molar-refractivity contribution in [2.24, 2.45) is 0 Å². The Morgan fingerprint density at radius 2 is 2.00 bits per heavy atom. The summed E-state index contributed by atoms with van der Waals surface area (Å²) in [6, 6.07) is 0.492. The Labute approximate surface area is 102 Å². The van der Waals surface area contributed by atoms with Gasteiger partial charge in [0.05, 0.1) is 12.6 Å². The molecule has 3 amide bonds. The van der Waals surface area contributed by atoms with Crippen molar-refractivity contribution in [1.29, 1.82) is 0 Å². The monoisotopic (exact) mass is 240 g/mol. The second-order valence-corrected chi connectivity index (χ2v) is 5.28. The van der Waals surface area contributed by atoms with Crippen molar-refractivity contribution in [3.8, 4) is 0 Å². The quantitative estimate of drug-likeness (QED) is 0.619. The molecule has 1 saturated carbocycles. The van der Waals surface area contributed by atoms with Gasteiger partial charge in [0.25, 0.3) is 5.91 Å². The topological polar surface area (TPSA) is 62.6 Å². The molecule has 0 spiro atoms. The first-order chi connectivity index (χ1) is 8.15. The number of carbonyl (C=O) groups excluding carboxylic acids is 2. The number of hydrogen-bond donors (Lipinski definition) is 3. The molecule has 2 aliphatic rings. The maximum Gasteiger partial charge on any atom is 0.321 e. The van der Waals surface area contributed by atoms with Crippen molar-refractivity contribution >= 4 is 11.9 Å². The molecule has 0 bridgehead atoms. The predicted octanol–water partition coefficient (Wildman–Crippen LogP) is -0.568. The molecule has 17 heavy (non-hydrogen) atoms. The van der Waals surface area contributed by atoms with E-state index < -0.39 is 0 Å². The van der Waals surface area contributed by atoms with Gasteiger partial charge in [-0.05, 0) is 39.0 Å². The van der Waals surface area contributed by atoms with Gasteiger partial charge in [0.2, 0.25) is 0 Å². The molecule has 5 nitrogen and oxygen atoms in total. The SMILES string of the molecule is C[C@H]1CCCC[NH+]1CC(=O)NC(=O)NC1CC1. The van der Waals surface area contributed by atoms with Crippen LogP contribution >= 0.6 is 0 Å². The zero-order valence-electron chi connectivity index (χ0n) is 10.4. The molecule has 2 rings (SSSR count). The molecule has 1 unspecified atom stereocenters. The molecule has 2 atom stereocenters. The van der Waals surface area contributed by atoms with Crippen molar-refractivity contribution in [1.82, 2.24) is 10.6 Å². The Bertz CT molecular complexity index is 302. The standard InChI is InChI=1S/C12H21N3O2/c1-9-4-2-3-7-15(9)8-11(16)14-12(17)13-10-5-6-10/h9-10H,2-8H2,1H3,(H2,13,14,16,17)/p+1/t9-/m0/s1. The fraction of sp³-hybridized carbons (Fsp3) is 0.833. The van der Waals surface area contributed by atoms with Gasteiger partial charge in [0, 0.05) is 6.04 Å². The third kappa shape index (κ3) is 4.00. The Hall–Kier alpha value is -1.10. The minimum Gasteiger partial charge on any atom is -0.335 e. The Kier molecular flexibility index (Phi) is 3.99. The number of piperidine rings is 1. The maximum absolute atomic E-state index is 11.7. The molecule has 1 saturated heterocycles. The summed E-state index contributed by atoms with van der Waals surface area (Å²) in [4.78, 5) is 24.4. The zero-order valence-corrected chi connectivity index (χ0v) is 10.4. The van der Waals surface area contributed by atoms with Crippen LogP contribution < -0.4 is 15.5 Å². The minimum absolute atomic E-state index is 0.160. The fourth-order valence-corrected chi connectivity index (χ4v) is 2.34. The van der Waals surface area contributed by atoms with Crippen LogP contribution in [0.2, 0.25) is 0 Å². The number of urea groups is 1. The lowest BCUT2D eigenvalue weighted by molar-refractivity contribution is -0.920. The molecule has 0 radical (unpaired) electrons. The van der Waals surface area contributed by atoms with Gasteiger partial charge in [-0.15, -0.1) is 0 Å². The number of amides is 3.